The molecular weight excluding hydrogens is 492 g/mol. The Bertz CT molecular complexity index is 1380. The summed E-state index contributed by atoms with van der Waals surface area (Å²) in [4.78, 5) is 12.5. The van der Waals surface area contributed by atoms with Crippen LogP contribution in [-0.4, -0.2) is 28.0 Å². The van der Waals surface area contributed by atoms with Crippen LogP contribution < -0.4 is 19.0 Å². The lowest BCUT2D eigenvalue weighted by Gasteiger charge is -2.13. The number of carbonyl (C=O) groups excluding carboxylic acids is 1. The molecule has 0 unspecified atom stereocenters. The van der Waals surface area contributed by atoms with Gasteiger partial charge in [-0.25, -0.2) is 0 Å². The maximum absolute atomic E-state index is 12.6. The molecular formula is C25H21ClN2O6S. The highest BCUT2D eigenvalue weighted by atomic mass is 35.5. The van der Waals surface area contributed by atoms with E-state index in [4.69, 9.17) is 25.3 Å². The first-order chi connectivity index (χ1) is 16.7. The number of carbonyl (C=O) groups is 1. The Balaban J connectivity index is 1.85. The lowest BCUT2D eigenvalue weighted by Crippen LogP contribution is -2.13. The third kappa shape index (κ3) is 6.76. The minimum atomic E-state index is -4.14. The van der Waals surface area contributed by atoms with Crippen LogP contribution in [0.5, 0.6) is 17.2 Å². The fraction of sp³-hybridized carbons (Fsp3) is 0.120. The summed E-state index contributed by atoms with van der Waals surface area (Å²) in [6, 6.07) is 18.4. The first-order valence-corrected chi connectivity index (χ1v) is 12.1. The molecule has 0 atom stereocenters. The zero-order valence-electron chi connectivity index (χ0n) is 18.8. The number of rotatable bonds is 9. The number of anilines is 1. The molecule has 1 amide bonds. The van der Waals surface area contributed by atoms with Gasteiger partial charge in [0.2, 0.25) is 0 Å². The van der Waals surface area contributed by atoms with Crippen molar-refractivity contribution in [2.24, 2.45) is 0 Å². The molecule has 0 aliphatic heterocycles. The Labute approximate surface area is 208 Å². The van der Waals surface area contributed by atoms with Crippen molar-refractivity contribution in [3.63, 3.8) is 0 Å². The summed E-state index contributed by atoms with van der Waals surface area (Å²) < 4.78 is 41.2. The molecule has 0 aromatic heterocycles. The molecule has 0 aliphatic carbocycles. The molecule has 0 saturated heterocycles. The predicted octanol–water partition coefficient (Wildman–Crippen LogP) is 5.06. The van der Waals surface area contributed by atoms with E-state index in [1.54, 1.807) is 31.2 Å². The molecule has 1 N–H and O–H groups in total. The van der Waals surface area contributed by atoms with Gasteiger partial charge in [-0.15, -0.1) is 0 Å². The van der Waals surface area contributed by atoms with E-state index in [-0.39, 0.29) is 28.6 Å². The van der Waals surface area contributed by atoms with Gasteiger partial charge in [0.15, 0.2) is 11.5 Å². The molecule has 0 saturated carbocycles. The Hall–Kier alpha value is -4.00. The van der Waals surface area contributed by atoms with Crippen molar-refractivity contribution in [2.75, 3.05) is 19.0 Å². The first kappa shape index (κ1) is 25.6. The number of nitriles is 1. The largest absolute Gasteiger partial charge is 0.497 e. The maximum Gasteiger partial charge on any atom is 0.339 e. The summed E-state index contributed by atoms with van der Waals surface area (Å²) in [5.41, 5.74) is 0.764. The van der Waals surface area contributed by atoms with Crippen LogP contribution in [0.4, 0.5) is 5.69 Å². The molecule has 180 valence electrons. The quantitative estimate of drug-likeness (QED) is 0.242. The van der Waals surface area contributed by atoms with Crippen molar-refractivity contribution in [3.8, 4) is 23.3 Å². The van der Waals surface area contributed by atoms with Crippen LogP contribution in [0.25, 0.3) is 6.08 Å². The molecule has 0 spiro atoms. The number of benzene rings is 3. The number of nitrogens with zero attached hydrogens (tertiary/aromatic N) is 1. The molecule has 3 rings (SSSR count). The fourth-order valence-corrected chi connectivity index (χ4v) is 3.97. The molecule has 0 aliphatic rings. The zero-order chi connectivity index (χ0) is 25.4. The number of hydrogen-bond donors (Lipinski definition) is 1. The van der Waals surface area contributed by atoms with Gasteiger partial charge in [0.25, 0.3) is 5.91 Å². The fourth-order valence-electron chi connectivity index (χ4n) is 2.91. The van der Waals surface area contributed by atoms with Crippen LogP contribution in [0, 0.1) is 11.3 Å². The highest BCUT2D eigenvalue weighted by molar-refractivity contribution is 7.87. The van der Waals surface area contributed by atoms with Gasteiger partial charge in [-0.2, -0.15) is 13.7 Å². The number of halogens is 1. The minimum Gasteiger partial charge on any atom is -0.497 e. The second-order valence-corrected chi connectivity index (χ2v) is 8.97. The average Bonchev–Trinajstić information content (AvgIpc) is 2.84. The molecule has 0 bridgehead atoms. The van der Waals surface area contributed by atoms with Gasteiger partial charge < -0.3 is 19.0 Å². The average molecular weight is 513 g/mol. The van der Waals surface area contributed by atoms with Gasteiger partial charge >= 0.3 is 10.1 Å². The third-order valence-electron chi connectivity index (χ3n) is 4.59. The van der Waals surface area contributed by atoms with Gasteiger partial charge in [-0.1, -0.05) is 17.7 Å². The van der Waals surface area contributed by atoms with Crippen LogP contribution in [0.2, 0.25) is 5.02 Å². The first-order valence-electron chi connectivity index (χ1n) is 10.3. The molecule has 0 heterocycles. The highest BCUT2D eigenvalue weighted by Gasteiger charge is 2.20. The number of amides is 1. The van der Waals surface area contributed by atoms with E-state index in [0.29, 0.717) is 22.0 Å². The minimum absolute atomic E-state index is 0.0415. The topological polar surface area (TPSA) is 115 Å². The van der Waals surface area contributed by atoms with Crippen molar-refractivity contribution < 1.29 is 26.9 Å². The standard InChI is InChI=1S/C25H21ClN2O6S/c1-3-33-24-15-17(4-13-23(24)34-35(30,31)22-11-5-19(26)6-12-22)14-18(16-27)25(29)28-20-7-9-21(32-2)10-8-20/h4-15H,3H2,1-2H3,(H,28,29)/b18-14+. The van der Waals surface area contributed by atoms with Crippen LogP contribution in [0.3, 0.4) is 0 Å². The van der Waals surface area contributed by atoms with Crippen LogP contribution in [0.1, 0.15) is 12.5 Å². The molecule has 8 nitrogen and oxygen atoms in total. The van der Waals surface area contributed by atoms with Gasteiger partial charge in [-0.05, 0) is 79.2 Å². The van der Waals surface area contributed by atoms with Crippen LogP contribution in [0.15, 0.2) is 77.2 Å². The third-order valence-corrected chi connectivity index (χ3v) is 6.09. The molecule has 3 aromatic rings. The van der Waals surface area contributed by atoms with E-state index in [0.717, 1.165) is 0 Å². The number of ether oxygens (including phenoxy) is 2. The smallest absolute Gasteiger partial charge is 0.339 e. The predicted molar refractivity (Wildman–Crippen MR) is 132 cm³/mol. The van der Waals surface area contributed by atoms with Crippen molar-refractivity contribution in [1.82, 2.24) is 0 Å². The number of methoxy groups -OCH3 is 1. The Kier molecular flexibility index (Phi) is 8.36. The summed E-state index contributed by atoms with van der Waals surface area (Å²) in [6.45, 7) is 1.95. The Morgan fingerprint density at radius 3 is 2.34 bits per heavy atom. The summed E-state index contributed by atoms with van der Waals surface area (Å²) in [5, 5.41) is 12.5. The number of hydrogen-bond acceptors (Lipinski definition) is 7. The lowest BCUT2D eigenvalue weighted by atomic mass is 10.1. The van der Waals surface area contributed by atoms with E-state index in [9.17, 15) is 18.5 Å². The second kappa shape index (κ2) is 11.4. The Morgan fingerprint density at radius 2 is 1.74 bits per heavy atom. The van der Waals surface area contributed by atoms with Crippen molar-refractivity contribution in [2.45, 2.75) is 11.8 Å². The van der Waals surface area contributed by atoms with Gasteiger partial charge in [-0.3, -0.25) is 4.79 Å². The van der Waals surface area contributed by atoms with E-state index in [1.807, 2.05) is 6.07 Å². The Morgan fingerprint density at radius 1 is 1.06 bits per heavy atom. The highest BCUT2D eigenvalue weighted by Crippen LogP contribution is 2.32. The van der Waals surface area contributed by atoms with Gasteiger partial charge in [0.1, 0.15) is 22.3 Å². The van der Waals surface area contributed by atoms with Crippen LogP contribution in [-0.2, 0) is 14.9 Å². The van der Waals surface area contributed by atoms with Crippen molar-refractivity contribution in [3.05, 3.63) is 82.9 Å². The van der Waals surface area contributed by atoms with Gasteiger partial charge in [0.05, 0.1) is 13.7 Å². The summed E-state index contributed by atoms with van der Waals surface area (Å²) >= 11 is 5.82. The van der Waals surface area contributed by atoms with Gasteiger partial charge in [0, 0.05) is 10.7 Å². The van der Waals surface area contributed by atoms with Crippen LogP contribution >= 0.6 is 11.6 Å². The van der Waals surface area contributed by atoms with E-state index < -0.39 is 16.0 Å². The summed E-state index contributed by atoms with van der Waals surface area (Å²) in [6.07, 6.45) is 1.36. The normalized spacial score (nSPS) is 11.3. The molecule has 10 heteroatoms. The van der Waals surface area contributed by atoms with Crippen molar-refractivity contribution >= 4 is 39.4 Å². The molecule has 3 aromatic carbocycles. The maximum atomic E-state index is 12.6. The summed E-state index contributed by atoms with van der Waals surface area (Å²) in [5.74, 6) is 0.107. The zero-order valence-corrected chi connectivity index (χ0v) is 20.4. The second-order valence-electron chi connectivity index (χ2n) is 6.98. The summed E-state index contributed by atoms with van der Waals surface area (Å²) in [7, 11) is -2.61. The number of nitrogens with one attached hydrogen (secondary N) is 1. The van der Waals surface area contributed by atoms with E-state index in [1.165, 1.54) is 55.7 Å². The monoisotopic (exact) mass is 512 g/mol. The van der Waals surface area contributed by atoms with Crippen molar-refractivity contribution in [1.29, 1.82) is 5.26 Å². The SMILES string of the molecule is CCOc1cc(/C=C(\C#N)C(=O)Nc2ccc(OC)cc2)ccc1OS(=O)(=O)c1ccc(Cl)cc1. The molecule has 35 heavy (non-hydrogen) atoms. The molecule has 0 radical (unpaired) electrons. The van der Waals surface area contributed by atoms with E-state index in [2.05, 4.69) is 5.32 Å². The lowest BCUT2D eigenvalue weighted by molar-refractivity contribution is -0.112. The van der Waals surface area contributed by atoms with E-state index >= 15 is 0 Å². The molecule has 0 fully saturated rings.